The largest absolute Gasteiger partial charge is 0.416 e. The Hall–Kier alpha value is -3.28. The van der Waals surface area contributed by atoms with Crippen molar-refractivity contribution in [2.24, 2.45) is 0 Å². The molecule has 6 heteroatoms. The second-order valence-electron chi connectivity index (χ2n) is 9.25. The Kier molecular flexibility index (Phi) is 8.34. The van der Waals surface area contributed by atoms with Gasteiger partial charge < -0.3 is 0 Å². The molecule has 0 N–H and O–H groups in total. The number of hydrogen-bond donors (Lipinski definition) is 0. The van der Waals surface area contributed by atoms with Crippen molar-refractivity contribution in [2.75, 3.05) is 0 Å². The number of alkyl halides is 3. The SMILES string of the molecule is CCCCCc1cnc(CCc2ccc3c(F)c(CCc4ccc(C(F)(F)F)cc4)ccc3c2)nc1. The van der Waals surface area contributed by atoms with E-state index in [0.29, 0.717) is 30.2 Å². The van der Waals surface area contributed by atoms with Crippen LogP contribution in [0.25, 0.3) is 10.8 Å². The van der Waals surface area contributed by atoms with Crippen LogP contribution in [0.2, 0.25) is 0 Å². The minimum absolute atomic E-state index is 0.270. The molecule has 0 aliphatic rings. The van der Waals surface area contributed by atoms with Gasteiger partial charge in [-0.3, -0.25) is 0 Å². The molecule has 0 bridgehead atoms. The maximum Gasteiger partial charge on any atom is 0.416 e. The van der Waals surface area contributed by atoms with Gasteiger partial charge in [0, 0.05) is 24.2 Å². The first-order valence-corrected chi connectivity index (χ1v) is 12.5. The Bertz CT molecular complexity index is 1280. The lowest BCUT2D eigenvalue weighted by Crippen LogP contribution is -2.04. The first-order valence-electron chi connectivity index (χ1n) is 12.5. The highest BCUT2D eigenvalue weighted by Crippen LogP contribution is 2.29. The molecule has 3 aromatic carbocycles. The van der Waals surface area contributed by atoms with Crippen LogP contribution in [0.4, 0.5) is 17.6 Å². The number of aromatic nitrogens is 2. The van der Waals surface area contributed by atoms with Crippen LogP contribution in [0.1, 0.15) is 59.8 Å². The van der Waals surface area contributed by atoms with Crippen molar-refractivity contribution < 1.29 is 17.6 Å². The summed E-state index contributed by atoms with van der Waals surface area (Å²) in [5.41, 5.74) is 2.89. The molecule has 0 amide bonds. The van der Waals surface area contributed by atoms with Gasteiger partial charge in [-0.15, -0.1) is 0 Å². The van der Waals surface area contributed by atoms with Crippen LogP contribution in [-0.2, 0) is 38.3 Å². The zero-order chi connectivity index (χ0) is 25.5. The molecule has 188 valence electrons. The molecule has 0 spiro atoms. The van der Waals surface area contributed by atoms with Gasteiger partial charge in [-0.2, -0.15) is 13.2 Å². The number of halogens is 4. The Morgan fingerprint density at radius 3 is 2.08 bits per heavy atom. The van der Waals surface area contributed by atoms with Crippen LogP contribution in [-0.4, -0.2) is 9.97 Å². The van der Waals surface area contributed by atoms with Crippen molar-refractivity contribution in [2.45, 2.75) is 64.5 Å². The van der Waals surface area contributed by atoms with E-state index in [1.807, 2.05) is 30.6 Å². The Labute approximate surface area is 209 Å². The molecule has 1 heterocycles. The van der Waals surface area contributed by atoms with Crippen LogP contribution in [0.5, 0.6) is 0 Å². The summed E-state index contributed by atoms with van der Waals surface area (Å²) in [5, 5.41) is 1.38. The topological polar surface area (TPSA) is 25.8 Å². The highest BCUT2D eigenvalue weighted by molar-refractivity contribution is 5.84. The molecule has 0 radical (unpaired) electrons. The zero-order valence-electron chi connectivity index (χ0n) is 20.4. The number of aryl methyl sites for hydroxylation is 5. The van der Waals surface area contributed by atoms with E-state index in [4.69, 9.17) is 0 Å². The lowest BCUT2D eigenvalue weighted by molar-refractivity contribution is -0.137. The van der Waals surface area contributed by atoms with E-state index < -0.39 is 11.7 Å². The number of fused-ring (bicyclic) bond motifs is 1. The lowest BCUT2D eigenvalue weighted by Gasteiger charge is -2.10. The molecule has 36 heavy (non-hydrogen) atoms. The van der Waals surface area contributed by atoms with E-state index >= 15 is 4.39 Å². The number of rotatable bonds is 10. The van der Waals surface area contributed by atoms with E-state index in [2.05, 4.69) is 16.9 Å². The Morgan fingerprint density at radius 2 is 1.39 bits per heavy atom. The van der Waals surface area contributed by atoms with Crippen LogP contribution < -0.4 is 0 Å². The summed E-state index contributed by atoms with van der Waals surface area (Å²) in [6.45, 7) is 2.19. The van der Waals surface area contributed by atoms with Crippen molar-refractivity contribution in [1.29, 1.82) is 0 Å². The van der Waals surface area contributed by atoms with E-state index in [9.17, 15) is 13.2 Å². The molecule has 2 nitrogen and oxygen atoms in total. The van der Waals surface area contributed by atoms with Crippen molar-refractivity contribution in [1.82, 2.24) is 9.97 Å². The normalized spacial score (nSPS) is 11.8. The summed E-state index contributed by atoms with van der Waals surface area (Å²) in [6.07, 6.45) is 6.42. The Balaban J connectivity index is 1.36. The summed E-state index contributed by atoms with van der Waals surface area (Å²) >= 11 is 0. The molecular formula is C30H30F4N2. The van der Waals surface area contributed by atoms with Crippen molar-refractivity contribution in [3.63, 3.8) is 0 Å². The molecule has 1 aromatic heterocycles. The molecule has 0 unspecified atom stereocenters. The van der Waals surface area contributed by atoms with Crippen LogP contribution >= 0.6 is 0 Å². The summed E-state index contributed by atoms with van der Waals surface area (Å²) in [7, 11) is 0. The molecule has 0 fully saturated rings. The van der Waals surface area contributed by atoms with Gasteiger partial charge in [-0.05, 0) is 71.9 Å². The second kappa shape index (κ2) is 11.6. The van der Waals surface area contributed by atoms with Crippen LogP contribution in [0.15, 0.2) is 67.0 Å². The first kappa shape index (κ1) is 25.8. The first-order chi connectivity index (χ1) is 17.3. The maximum atomic E-state index is 15.2. The second-order valence-corrected chi connectivity index (χ2v) is 9.25. The fraction of sp³-hybridized carbons (Fsp3) is 0.333. The van der Waals surface area contributed by atoms with Crippen molar-refractivity contribution in [3.8, 4) is 0 Å². The number of unbranched alkanes of at least 4 members (excludes halogenated alkanes) is 2. The van der Waals surface area contributed by atoms with Gasteiger partial charge in [0.1, 0.15) is 11.6 Å². The van der Waals surface area contributed by atoms with Gasteiger partial charge in [-0.25, -0.2) is 14.4 Å². The van der Waals surface area contributed by atoms with Gasteiger partial charge in [0.2, 0.25) is 0 Å². The average Bonchev–Trinajstić information content (AvgIpc) is 2.88. The van der Waals surface area contributed by atoms with Crippen LogP contribution in [0, 0.1) is 5.82 Å². The van der Waals surface area contributed by atoms with Gasteiger partial charge in [0.25, 0.3) is 0 Å². The summed E-state index contributed by atoms with van der Waals surface area (Å²) in [6, 6.07) is 14.5. The van der Waals surface area contributed by atoms with Gasteiger partial charge in [-0.1, -0.05) is 62.2 Å². The zero-order valence-corrected chi connectivity index (χ0v) is 20.4. The molecule has 4 rings (SSSR count). The molecule has 4 aromatic rings. The fourth-order valence-corrected chi connectivity index (χ4v) is 4.35. The third-order valence-electron chi connectivity index (χ3n) is 6.53. The number of benzene rings is 3. The van der Waals surface area contributed by atoms with E-state index in [0.717, 1.165) is 53.7 Å². The molecule has 0 saturated carbocycles. The predicted molar refractivity (Wildman–Crippen MR) is 135 cm³/mol. The fourth-order valence-electron chi connectivity index (χ4n) is 4.35. The van der Waals surface area contributed by atoms with Crippen molar-refractivity contribution in [3.05, 3.63) is 106 Å². The van der Waals surface area contributed by atoms with E-state index in [1.165, 1.54) is 30.5 Å². The van der Waals surface area contributed by atoms with Crippen LogP contribution in [0.3, 0.4) is 0 Å². The molecular weight excluding hydrogens is 464 g/mol. The summed E-state index contributed by atoms with van der Waals surface area (Å²) in [5.74, 6) is 0.534. The summed E-state index contributed by atoms with van der Waals surface area (Å²) in [4.78, 5) is 8.99. The Morgan fingerprint density at radius 1 is 0.694 bits per heavy atom. The smallest absolute Gasteiger partial charge is 0.241 e. The monoisotopic (exact) mass is 494 g/mol. The molecule has 0 aliphatic carbocycles. The third-order valence-corrected chi connectivity index (χ3v) is 6.53. The van der Waals surface area contributed by atoms with E-state index in [1.54, 1.807) is 12.1 Å². The van der Waals surface area contributed by atoms with Gasteiger partial charge in [0.15, 0.2) is 0 Å². The minimum Gasteiger partial charge on any atom is -0.241 e. The highest BCUT2D eigenvalue weighted by atomic mass is 19.4. The standard InChI is InChI=1S/C30H30F4N2/c1-2-3-4-5-23-19-35-28(36-20-23)17-10-22-9-16-27-25(18-22)13-12-24(29(27)31)11-6-21-7-14-26(15-8-21)30(32,33)34/h7-9,12-16,18-20H,2-6,10-11,17H2,1H3. The molecule has 0 atom stereocenters. The molecule has 0 aliphatic heterocycles. The molecule has 0 saturated heterocycles. The number of hydrogen-bond acceptors (Lipinski definition) is 2. The maximum absolute atomic E-state index is 15.2. The van der Waals surface area contributed by atoms with Gasteiger partial charge >= 0.3 is 6.18 Å². The van der Waals surface area contributed by atoms with E-state index in [-0.39, 0.29) is 5.82 Å². The predicted octanol–water partition coefficient (Wildman–Crippen LogP) is 8.09. The summed E-state index contributed by atoms with van der Waals surface area (Å²) < 4.78 is 53.4. The average molecular weight is 495 g/mol. The number of nitrogens with zero attached hydrogens (tertiary/aromatic N) is 2. The van der Waals surface area contributed by atoms with Crippen molar-refractivity contribution >= 4 is 10.8 Å². The quantitative estimate of drug-likeness (QED) is 0.164. The van der Waals surface area contributed by atoms with Gasteiger partial charge in [0.05, 0.1) is 5.56 Å². The highest BCUT2D eigenvalue weighted by Gasteiger charge is 2.29. The minimum atomic E-state index is -4.35. The third kappa shape index (κ3) is 6.68. The lowest BCUT2D eigenvalue weighted by atomic mass is 9.98.